The third kappa shape index (κ3) is 3.26. The Kier molecular flexibility index (Phi) is 4.22. The Morgan fingerprint density at radius 3 is 2.48 bits per heavy atom. The zero-order chi connectivity index (χ0) is 18.4. The largest absolute Gasteiger partial charge is 0.415 e. The second-order valence-electron chi connectivity index (χ2n) is 8.39. The summed E-state index contributed by atoms with van der Waals surface area (Å²) < 4.78 is 19.6. The molecule has 1 N–H and O–H groups in total. The van der Waals surface area contributed by atoms with Crippen LogP contribution in [-0.4, -0.2) is 21.9 Å². The van der Waals surface area contributed by atoms with Crippen molar-refractivity contribution in [3.05, 3.63) is 36.0 Å². The third-order valence-corrected chi connectivity index (χ3v) is 7.19. The van der Waals surface area contributed by atoms with E-state index >= 15 is 0 Å². The van der Waals surface area contributed by atoms with Crippen molar-refractivity contribution in [2.75, 3.05) is 11.1 Å². The zero-order valence-electron chi connectivity index (χ0n) is 15.0. The van der Waals surface area contributed by atoms with Crippen molar-refractivity contribution in [1.29, 1.82) is 0 Å². The molecule has 6 rings (SSSR count). The SMILES string of the molecule is O=C(CSc1nnc(C23CC4CC(CC(C4)C2)C3)o1)Nc1ccccc1F. The standard InChI is InChI=1S/C20H22FN3O2S/c21-15-3-1-2-4-16(15)22-17(25)11-27-19-24-23-18(26-19)20-8-12-5-13(9-20)7-14(6-12)10-20/h1-4,12-14H,5-11H2,(H,22,25). The fourth-order valence-electron chi connectivity index (χ4n) is 5.73. The van der Waals surface area contributed by atoms with E-state index in [1.807, 2.05) is 0 Å². The van der Waals surface area contributed by atoms with Gasteiger partial charge in [-0.05, 0) is 68.4 Å². The monoisotopic (exact) mass is 387 g/mol. The van der Waals surface area contributed by atoms with Crippen molar-refractivity contribution >= 4 is 23.4 Å². The molecule has 4 bridgehead atoms. The smallest absolute Gasteiger partial charge is 0.277 e. The molecule has 5 nitrogen and oxygen atoms in total. The summed E-state index contributed by atoms with van der Waals surface area (Å²) >= 11 is 1.20. The predicted octanol–water partition coefficient (Wildman–Crippen LogP) is 4.41. The fourth-order valence-corrected chi connectivity index (χ4v) is 6.29. The molecule has 0 radical (unpaired) electrons. The van der Waals surface area contributed by atoms with E-state index in [2.05, 4.69) is 15.5 Å². The second kappa shape index (κ2) is 6.62. The van der Waals surface area contributed by atoms with Crippen LogP contribution < -0.4 is 5.32 Å². The molecule has 27 heavy (non-hydrogen) atoms. The molecule has 7 heteroatoms. The molecular formula is C20H22FN3O2S. The van der Waals surface area contributed by atoms with Gasteiger partial charge in [-0.25, -0.2) is 4.39 Å². The highest BCUT2D eigenvalue weighted by molar-refractivity contribution is 7.99. The van der Waals surface area contributed by atoms with E-state index in [0.29, 0.717) is 5.22 Å². The van der Waals surface area contributed by atoms with Gasteiger partial charge in [0.15, 0.2) is 0 Å². The number of carbonyl (C=O) groups excluding carboxylic acids is 1. The number of hydrogen-bond donors (Lipinski definition) is 1. The van der Waals surface area contributed by atoms with Gasteiger partial charge in [0.2, 0.25) is 11.8 Å². The average molecular weight is 387 g/mol. The summed E-state index contributed by atoms with van der Waals surface area (Å²) in [6.07, 6.45) is 7.60. The van der Waals surface area contributed by atoms with Gasteiger partial charge in [-0.3, -0.25) is 4.79 Å². The molecule has 0 aliphatic heterocycles. The van der Waals surface area contributed by atoms with Crippen molar-refractivity contribution in [2.45, 2.75) is 49.2 Å². The van der Waals surface area contributed by atoms with Crippen LogP contribution >= 0.6 is 11.8 Å². The van der Waals surface area contributed by atoms with Gasteiger partial charge in [-0.2, -0.15) is 0 Å². The molecule has 1 amide bonds. The van der Waals surface area contributed by atoms with Crippen molar-refractivity contribution in [3.8, 4) is 0 Å². The first kappa shape index (κ1) is 17.2. The van der Waals surface area contributed by atoms with Crippen molar-refractivity contribution in [2.24, 2.45) is 17.8 Å². The molecular weight excluding hydrogens is 365 g/mol. The lowest BCUT2D eigenvalue weighted by molar-refractivity contribution is -0.113. The lowest BCUT2D eigenvalue weighted by Gasteiger charge is -2.55. The Bertz CT molecular complexity index is 833. The summed E-state index contributed by atoms with van der Waals surface area (Å²) in [6, 6.07) is 6.13. The number of para-hydroxylation sites is 1. The lowest BCUT2D eigenvalue weighted by atomic mass is 9.49. The Labute approximate surface area is 161 Å². The minimum absolute atomic E-state index is 0.0655. The van der Waals surface area contributed by atoms with Gasteiger partial charge in [0.1, 0.15) is 5.82 Å². The van der Waals surface area contributed by atoms with E-state index in [1.54, 1.807) is 12.1 Å². The number of nitrogens with zero attached hydrogens (tertiary/aromatic N) is 2. The molecule has 2 aromatic rings. The van der Waals surface area contributed by atoms with E-state index in [9.17, 15) is 9.18 Å². The third-order valence-electron chi connectivity index (χ3n) is 6.37. The summed E-state index contributed by atoms with van der Waals surface area (Å²) in [4.78, 5) is 12.1. The van der Waals surface area contributed by atoms with Crippen LogP contribution in [0.2, 0.25) is 0 Å². The first-order chi connectivity index (χ1) is 13.1. The van der Waals surface area contributed by atoms with Crippen LogP contribution in [0.4, 0.5) is 10.1 Å². The summed E-state index contributed by atoms with van der Waals surface area (Å²) in [5, 5.41) is 11.5. The van der Waals surface area contributed by atoms with Gasteiger partial charge in [-0.1, -0.05) is 23.9 Å². The first-order valence-corrected chi connectivity index (χ1v) is 10.6. The molecule has 4 fully saturated rings. The van der Waals surface area contributed by atoms with E-state index in [4.69, 9.17) is 4.42 Å². The maximum atomic E-state index is 13.6. The number of thioether (sulfide) groups is 1. The predicted molar refractivity (Wildman–Crippen MR) is 99.9 cm³/mol. The van der Waals surface area contributed by atoms with Gasteiger partial charge in [-0.15, -0.1) is 10.2 Å². The summed E-state index contributed by atoms with van der Waals surface area (Å²) in [7, 11) is 0. The van der Waals surface area contributed by atoms with Crippen molar-refractivity contribution < 1.29 is 13.6 Å². The van der Waals surface area contributed by atoms with E-state index in [-0.39, 0.29) is 22.8 Å². The quantitative estimate of drug-likeness (QED) is 0.770. The Morgan fingerprint density at radius 2 is 1.81 bits per heavy atom. The number of benzene rings is 1. The fraction of sp³-hybridized carbons (Fsp3) is 0.550. The van der Waals surface area contributed by atoms with Crippen molar-refractivity contribution in [1.82, 2.24) is 10.2 Å². The first-order valence-electron chi connectivity index (χ1n) is 9.61. The number of carbonyl (C=O) groups is 1. The number of rotatable bonds is 5. The van der Waals surface area contributed by atoms with Crippen LogP contribution in [0.25, 0.3) is 0 Å². The number of hydrogen-bond acceptors (Lipinski definition) is 5. The molecule has 0 unspecified atom stereocenters. The van der Waals surface area contributed by atoms with Crippen LogP contribution in [0.15, 0.2) is 33.9 Å². The molecule has 0 spiro atoms. The highest BCUT2D eigenvalue weighted by atomic mass is 32.2. The highest BCUT2D eigenvalue weighted by Crippen LogP contribution is 2.60. The lowest BCUT2D eigenvalue weighted by Crippen LogP contribution is -2.48. The van der Waals surface area contributed by atoms with Crippen molar-refractivity contribution in [3.63, 3.8) is 0 Å². The van der Waals surface area contributed by atoms with Gasteiger partial charge in [0.05, 0.1) is 11.4 Å². The van der Waals surface area contributed by atoms with Crippen LogP contribution in [0, 0.1) is 23.6 Å². The molecule has 0 saturated heterocycles. The van der Waals surface area contributed by atoms with E-state index in [0.717, 1.165) is 23.6 Å². The van der Waals surface area contributed by atoms with Crippen LogP contribution in [0.5, 0.6) is 0 Å². The summed E-state index contributed by atoms with van der Waals surface area (Å²) in [5.74, 6) is 2.56. The van der Waals surface area contributed by atoms with E-state index < -0.39 is 5.82 Å². The second-order valence-corrected chi connectivity index (χ2v) is 9.31. The van der Waals surface area contributed by atoms with Gasteiger partial charge >= 0.3 is 0 Å². The number of nitrogens with one attached hydrogen (secondary N) is 1. The Morgan fingerprint density at radius 1 is 1.15 bits per heavy atom. The molecule has 0 atom stereocenters. The molecule has 1 aromatic carbocycles. The zero-order valence-corrected chi connectivity index (χ0v) is 15.8. The number of halogens is 1. The number of amides is 1. The maximum Gasteiger partial charge on any atom is 0.277 e. The Hall–Kier alpha value is -1.89. The molecule has 1 heterocycles. The van der Waals surface area contributed by atoms with Crippen LogP contribution in [-0.2, 0) is 10.2 Å². The summed E-state index contributed by atoms with van der Waals surface area (Å²) in [5.41, 5.74) is 0.249. The van der Waals surface area contributed by atoms with Crippen LogP contribution in [0.1, 0.15) is 44.4 Å². The summed E-state index contributed by atoms with van der Waals surface area (Å²) in [6.45, 7) is 0. The minimum atomic E-state index is -0.447. The van der Waals surface area contributed by atoms with Gasteiger partial charge in [0.25, 0.3) is 5.22 Å². The molecule has 142 valence electrons. The van der Waals surface area contributed by atoms with Crippen LogP contribution in [0.3, 0.4) is 0 Å². The maximum absolute atomic E-state index is 13.6. The van der Waals surface area contributed by atoms with E-state index in [1.165, 1.54) is 62.4 Å². The average Bonchev–Trinajstić information content (AvgIpc) is 3.11. The van der Waals surface area contributed by atoms with Gasteiger partial charge < -0.3 is 9.73 Å². The Balaban J connectivity index is 1.23. The minimum Gasteiger partial charge on any atom is -0.415 e. The topological polar surface area (TPSA) is 68.0 Å². The normalized spacial score (nSPS) is 31.2. The van der Waals surface area contributed by atoms with Gasteiger partial charge in [0, 0.05) is 5.41 Å². The highest BCUT2D eigenvalue weighted by Gasteiger charge is 2.54. The molecule has 4 aliphatic carbocycles. The number of aromatic nitrogens is 2. The number of anilines is 1. The molecule has 4 saturated carbocycles. The molecule has 4 aliphatic rings. The molecule has 1 aromatic heterocycles.